The summed E-state index contributed by atoms with van der Waals surface area (Å²) in [6.45, 7) is 8.90. The number of rotatable bonds is 6. The topological polar surface area (TPSA) is 88.2 Å². The number of benzene rings is 1. The van der Waals surface area contributed by atoms with Crippen LogP contribution in [0.15, 0.2) is 35.3 Å². The van der Waals surface area contributed by atoms with Crippen molar-refractivity contribution in [1.29, 1.82) is 0 Å². The van der Waals surface area contributed by atoms with Gasteiger partial charge in [0.1, 0.15) is 16.5 Å². The number of aryl methyl sites for hydroxylation is 1. The standard InChI is InChI=1S/C26H32N4O3S/c1-16-8-10-17(11-9-16)13-18-15-27-25(34-18)21-22(33-5)24(32)29-23(28-21)19-7-6-12-30(19)20(31)14-26(2,3)4/h8-11,15,19H,6-7,12-14H2,1-5H3,(H,28,29,32)/t19-/m1/s1. The first-order valence-electron chi connectivity index (χ1n) is 11.6. The first-order chi connectivity index (χ1) is 16.1. The van der Waals surface area contributed by atoms with Gasteiger partial charge < -0.3 is 14.6 Å². The fourth-order valence-electron chi connectivity index (χ4n) is 4.28. The number of nitrogens with zero attached hydrogens (tertiary/aromatic N) is 3. The van der Waals surface area contributed by atoms with E-state index in [-0.39, 0.29) is 28.7 Å². The predicted octanol–water partition coefficient (Wildman–Crippen LogP) is 4.90. The van der Waals surface area contributed by atoms with Crippen LogP contribution in [0.2, 0.25) is 0 Å². The van der Waals surface area contributed by atoms with E-state index in [2.05, 4.69) is 61.9 Å². The van der Waals surface area contributed by atoms with Gasteiger partial charge in [-0.25, -0.2) is 9.97 Å². The van der Waals surface area contributed by atoms with Gasteiger partial charge in [-0.05, 0) is 30.7 Å². The average molecular weight is 481 g/mol. The molecule has 1 N–H and O–H groups in total. The van der Waals surface area contributed by atoms with Crippen LogP contribution in [0.5, 0.6) is 5.75 Å². The van der Waals surface area contributed by atoms with Gasteiger partial charge in [0, 0.05) is 30.5 Å². The average Bonchev–Trinajstić information content (AvgIpc) is 3.43. The summed E-state index contributed by atoms with van der Waals surface area (Å²) in [6, 6.07) is 8.17. The Morgan fingerprint density at radius 3 is 2.68 bits per heavy atom. The van der Waals surface area contributed by atoms with Gasteiger partial charge in [0.25, 0.3) is 5.56 Å². The molecule has 3 aromatic rings. The molecule has 0 spiro atoms. The second-order valence-electron chi connectivity index (χ2n) is 10.1. The molecular formula is C26H32N4O3S. The Morgan fingerprint density at radius 1 is 1.26 bits per heavy atom. The van der Waals surface area contributed by atoms with E-state index >= 15 is 0 Å². The maximum Gasteiger partial charge on any atom is 0.294 e. The Labute approximate surface area is 204 Å². The van der Waals surface area contributed by atoms with Crippen molar-refractivity contribution in [2.75, 3.05) is 13.7 Å². The first kappa shape index (κ1) is 24.1. The Morgan fingerprint density at radius 2 is 2.00 bits per heavy atom. The zero-order chi connectivity index (χ0) is 24.5. The second-order valence-corrected chi connectivity index (χ2v) is 11.2. The van der Waals surface area contributed by atoms with Crippen LogP contribution in [-0.4, -0.2) is 39.4 Å². The highest BCUT2D eigenvalue weighted by Crippen LogP contribution is 2.35. The third-order valence-electron chi connectivity index (χ3n) is 5.92. The number of nitrogens with one attached hydrogen (secondary N) is 1. The lowest BCUT2D eigenvalue weighted by Gasteiger charge is -2.27. The monoisotopic (exact) mass is 480 g/mol. The molecule has 1 saturated heterocycles. The van der Waals surface area contributed by atoms with Crippen LogP contribution in [0.3, 0.4) is 0 Å². The molecule has 8 heteroatoms. The van der Waals surface area contributed by atoms with Crippen molar-refractivity contribution in [3.05, 3.63) is 62.6 Å². The minimum Gasteiger partial charge on any atom is -0.489 e. The number of aromatic nitrogens is 3. The number of hydrogen-bond donors (Lipinski definition) is 1. The minimum atomic E-state index is -0.354. The van der Waals surface area contributed by atoms with Gasteiger partial charge in [0.05, 0.1) is 13.2 Å². The van der Waals surface area contributed by atoms with E-state index in [1.165, 1.54) is 29.6 Å². The molecular weight excluding hydrogens is 448 g/mol. The number of amides is 1. The van der Waals surface area contributed by atoms with Gasteiger partial charge in [-0.2, -0.15) is 0 Å². The number of hydrogen-bond acceptors (Lipinski definition) is 6. The number of carbonyl (C=O) groups excluding carboxylic acids is 1. The van der Waals surface area contributed by atoms with E-state index in [0.29, 0.717) is 29.5 Å². The number of likely N-dealkylation sites (tertiary alicyclic amines) is 1. The summed E-state index contributed by atoms with van der Waals surface area (Å²) in [4.78, 5) is 41.0. The van der Waals surface area contributed by atoms with Crippen molar-refractivity contribution >= 4 is 17.2 Å². The minimum absolute atomic E-state index is 0.0876. The van der Waals surface area contributed by atoms with Crippen LogP contribution < -0.4 is 10.3 Å². The molecule has 1 amide bonds. The van der Waals surface area contributed by atoms with Gasteiger partial charge in [0.2, 0.25) is 11.7 Å². The van der Waals surface area contributed by atoms with E-state index in [9.17, 15) is 9.59 Å². The molecule has 1 atom stereocenters. The van der Waals surface area contributed by atoms with Gasteiger partial charge in [0.15, 0.2) is 0 Å². The molecule has 0 saturated carbocycles. The van der Waals surface area contributed by atoms with Crippen molar-refractivity contribution in [2.45, 2.75) is 59.4 Å². The first-order valence-corrected chi connectivity index (χ1v) is 12.4. The number of methoxy groups -OCH3 is 1. The quantitative estimate of drug-likeness (QED) is 0.542. The molecule has 3 heterocycles. The van der Waals surface area contributed by atoms with E-state index in [0.717, 1.165) is 24.1 Å². The number of carbonyl (C=O) groups is 1. The molecule has 0 radical (unpaired) electrons. The zero-order valence-corrected chi connectivity index (χ0v) is 21.3. The zero-order valence-electron chi connectivity index (χ0n) is 20.5. The van der Waals surface area contributed by atoms with Crippen molar-refractivity contribution < 1.29 is 9.53 Å². The highest BCUT2D eigenvalue weighted by molar-refractivity contribution is 7.15. The second kappa shape index (κ2) is 9.70. The maximum atomic E-state index is 13.0. The van der Waals surface area contributed by atoms with Crippen molar-refractivity contribution in [2.24, 2.45) is 5.41 Å². The lowest BCUT2D eigenvalue weighted by molar-refractivity contribution is -0.134. The van der Waals surface area contributed by atoms with Crippen LogP contribution in [0.1, 0.15) is 67.9 Å². The highest BCUT2D eigenvalue weighted by atomic mass is 32.1. The van der Waals surface area contributed by atoms with E-state index in [1.54, 1.807) is 0 Å². The normalized spacial score (nSPS) is 16.1. The van der Waals surface area contributed by atoms with Gasteiger partial charge in [-0.3, -0.25) is 9.59 Å². The third kappa shape index (κ3) is 5.38. The Bertz CT molecular complexity index is 1220. The molecule has 7 nitrogen and oxygen atoms in total. The Balaban J connectivity index is 1.65. The van der Waals surface area contributed by atoms with Crippen LogP contribution in [0, 0.1) is 12.3 Å². The molecule has 4 rings (SSSR count). The summed E-state index contributed by atoms with van der Waals surface area (Å²) in [7, 11) is 1.46. The van der Waals surface area contributed by atoms with Gasteiger partial charge >= 0.3 is 0 Å². The molecule has 1 aliphatic rings. The maximum absolute atomic E-state index is 13.0. The molecule has 180 valence electrons. The van der Waals surface area contributed by atoms with Crippen LogP contribution in [0.25, 0.3) is 10.7 Å². The van der Waals surface area contributed by atoms with Gasteiger partial charge in [-0.1, -0.05) is 50.6 Å². The molecule has 0 aliphatic carbocycles. The summed E-state index contributed by atoms with van der Waals surface area (Å²) in [5.74, 6) is 0.728. The number of H-pyrrole nitrogens is 1. The predicted molar refractivity (Wildman–Crippen MR) is 134 cm³/mol. The summed E-state index contributed by atoms with van der Waals surface area (Å²) in [5.41, 5.74) is 2.39. The van der Waals surface area contributed by atoms with Crippen LogP contribution >= 0.6 is 11.3 Å². The fourth-order valence-corrected chi connectivity index (χ4v) is 5.22. The summed E-state index contributed by atoms with van der Waals surface area (Å²) in [6.07, 6.45) is 4.68. The molecule has 1 aromatic carbocycles. The third-order valence-corrected chi connectivity index (χ3v) is 6.93. The smallest absolute Gasteiger partial charge is 0.294 e. The lowest BCUT2D eigenvalue weighted by Crippen LogP contribution is -2.34. The fraction of sp³-hybridized carbons (Fsp3) is 0.462. The Kier molecular flexibility index (Phi) is 6.89. The summed E-state index contributed by atoms with van der Waals surface area (Å²) < 4.78 is 5.41. The van der Waals surface area contributed by atoms with E-state index in [1.807, 2.05) is 11.1 Å². The van der Waals surface area contributed by atoms with Gasteiger partial charge in [-0.15, -0.1) is 11.3 Å². The number of ether oxygens (including phenoxy) is 1. The van der Waals surface area contributed by atoms with E-state index < -0.39 is 0 Å². The SMILES string of the molecule is COc1c(-c2ncc(Cc3ccc(C)cc3)s2)nc([C@H]2CCCN2C(=O)CC(C)(C)C)[nH]c1=O. The lowest BCUT2D eigenvalue weighted by atomic mass is 9.91. The summed E-state index contributed by atoms with van der Waals surface area (Å²) in [5, 5.41) is 0.636. The number of aromatic amines is 1. The van der Waals surface area contributed by atoms with Crippen molar-refractivity contribution in [3.8, 4) is 16.5 Å². The van der Waals surface area contributed by atoms with Crippen molar-refractivity contribution in [3.63, 3.8) is 0 Å². The molecule has 1 aliphatic heterocycles. The number of thiazole rings is 1. The molecule has 0 unspecified atom stereocenters. The largest absolute Gasteiger partial charge is 0.489 e. The molecule has 2 aromatic heterocycles. The van der Waals surface area contributed by atoms with E-state index in [4.69, 9.17) is 9.72 Å². The van der Waals surface area contributed by atoms with Crippen LogP contribution in [0.4, 0.5) is 0 Å². The molecule has 1 fully saturated rings. The highest BCUT2D eigenvalue weighted by Gasteiger charge is 2.34. The Hall–Kier alpha value is -3.00. The van der Waals surface area contributed by atoms with Crippen molar-refractivity contribution in [1.82, 2.24) is 19.9 Å². The summed E-state index contributed by atoms with van der Waals surface area (Å²) >= 11 is 1.50. The molecule has 34 heavy (non-hydrogen) atoms. The molecule has 0 bridgehead atoms. The van der Waals surface area contributed by atoms with Crippen LogP contribution in [-0.2, 0) is 11.2 Å².